The molecule has 84 valence electrons. The Balaban J connectivity index is 2.87. The standard InChI is InChI=1S/C13H22N2/c1-5-15(9-10(2)3)12-7-6-11(4)13(14)8-12/h6-8,10H,5,9,14H2,1-4H3. The van der Waals surface area contributed by atoms with Crippen molar-refractivity contribution in [2.45, 2.75) is 27.7 Å². The minimum absolute atomic E-state index is 0.674. The molecule has 1 aromatic carbocycles. The number of aryl methyl sites for hydroxylation is 1. The van der Waals surface area contributed by atoms with Crippen molar-refractivity contribution in [2.75, 3.05) is 23.7 Å². The van der Waals surface area contributed by atoms with Crippen molar-refractivity contribution < 1.29 is 0 Å². The van der Waals surface area contributed by atoms with Crippen LogP contribution in [0.4, 0.5) is 11.4 Å². The number of hydrogen-bond acceptors (Lipinski definition) is 2. The Kier molecular flexibility index (Phi) is 4.01. The Morgan fingerprint density at radius 3 is 2.47 bits per heavy atom. The molecule has 2 heteroatoms. The van der Waals surface area contributed by atoms with Gasteiger partial charge in [-0.15, -0.1) is 0 Å². The summed E-state index contributed by atoms with van der Waals surface area (Å²) in [6.45, 7) is 10.8. The second kappa shape index (κ2) is 5.06. The smallest absolute Gasteiger partial charge is 0.0387 e. The first-order valence-electron chi connectivity index (χ1n) is 5.65. The third kappa shape index (κ3) is 3.15. The first kappa shape index (κ1) is 11.9. The maximum atomic E-state index is 5.92. The lowest BCUT2D eigenvalue weighted by Gasteiger charge is -2.25. The van der Waals surface area contributed by atoms with E-state index < -0.39 is 0 Å². The highest BCUT2D eigenvalue weighted by Crippen LogP contribution is 2.21. The van der Waals surface area contributed by atoms with Crippen LogP contribution in [-0.4, -0.2) is 13.1 Å². The molecule has 0 aromatic heterocycles. The van der Waals surface area contributed by atoms with E-state index in [1.54, 1.807) is 0 Å². The molecule has 0 aliphatic rings. The van der Waals surface area contributed by atoms with Gasteiger partial charge in [0, 0.05) is 24.5 Å². The van der Waals surface area contributed by atoms with Gasteiger partial charge in [-0.1, -0.05) is 19.9 Å². The topological polar surface area (TPSA) is 29.3 Å². The van der Waals surface area contributed by atoms with Crippen LogP contribution in [0.15, 0.2) is 18.2 Å². The Labute approximate surface area is 93.1 Å². The second-order valence-electron chi connectivity index (χ2n) is 4.47. The fraction of sp³-hybridized carbons (Fsp3) is 0.538. The van der Waals surface area contributed by atoms with Gasteiger partial charge in [-0.2, -0.15) is 0 Å². The predicted molar refractivity (Wildman–Crippen MR) is 68.3 cm³/mol. The Morgan fingerprint density at radius 1 is 1.33 bits per heavy atom. The van der Waals surface area contributed by atoms with Crippen molar-refractivity contribution in [2.24, 2.45) is 5.92 Å². The van der Waals surface area contributed by atoms with Gasteiger partial charge in [0.15, 0.2) is 0 Å². The molecule has 0 aliphatic carbocycles. The zero-order valence-electron chi connectivity index (χ0n) is 10.2. The third-order valence-corrected chi connectivity index (χ3v) is 2.60. The molecular weight excluding hydrogens is 184 g/mol. The number of hydrogen-bond donors (Lipinski definition) is 1. The maximum Gasteiger partial charge on any atom is 0.0387 e. The molecule has 0 unspecified atom stereocenters. The molecule has 0 bridgehead atoms. The number of nitrogens with two attached hydrogens (primary N) is 1. The lowest BCUT2D eigenvalue weighted by atomic mass is 10.1. The summed E-state index contributed by atoms with van der Waals surface area (Å²) in [5.74, 6) is 0.674. The zero-order valence-corrected chi connectivity index (χ0v) is 10.2. The summed E-state index contributed by atoms with van der Waals surface area (Å²) in [5, 5.41) is 0. The van der Waals surface area contributed by atoms with Gasteiger partial charge in [-0.25, -0.2) is 0 Å². The highest BCUT2D eigenvalue weighted by atomic mass is 15.1. The summed E-state index contributed by atoms with van der Waals surface area (Å²) in [4.78, 5) is 2.36. The quantitative estimate of drug-likeness (QED) is 0.767. The minimum Gasteiger partial charge on any atom is -0.398 e. The fourth-order valence-electron chi connectivity index (χ4n) is 1.68. The predicted octanol–water partition coefficient (Wildman–Crippen LogP) is 3.06. The molecule has 0 atom stereocenters. The van der Waals surface area contributed by atoms with Crippen LogP contribution < -0.4 is 10.6 Å². The van der Waals surface area contributed by atoms with Gasteiger partial charge in [0.1, 0.15) is 0 Å². The van der Waals surface area contributed by atoms with Crippen LogP contribution in [0.1, 0.15) is 26.3 Å². The van der Waals surface area contributed by atoms with E-state index in [-0.39, 0.29) is 0 Å². The van der Waals surface area contributed by atoms with Gasteiger partial charge in [0.25, 0.3) is 0 Å². The summed E-state index contributed by atoms with van der Waals surface area (Å²) in [5.41, 5.74) is 9.18. The molecule has 15 heavy (non-hydrogen) atoms. The van der Waals surface area contributed by atoms with Crippen molar-refractivity contribution in [3.63, 3.8) is 0 Å². The van der Waals surface area contributed by atoms with Crippen molar-refractivity contribution in [3.05, 3.63) is 23.8 Å². The first-order valence-corrected chi connectivity index (χ1v) is 5.65. The molecule has 1 rings (SSSR count). The highest BCUT2D eigenvalue weighted by Gasteiger charge is 2.07. The van der Waals surface area contributed by atoms with Gasteiger partial charge >= 0.3 is 0 Å². The number of benzene rings is 1. The van der Waals surface area contributed by atoms with Crippen molar-refractivity contribution >= 4 is 11.4 Å². The Hall–Kier alpha value is -1.18. The summed E-state index contributed by atoms with van der Waals surface area (Å²) in [7, 11) is 0. The van der Waals surface area contributed by atoms with Crippen molar-refractivity contribution in [1.82, 2.24) is 0 Å². The van der Waals surface area contributed by atoms with Crippen LogP contribution in [0.2, 0.25) is 0 Å². The molecular formula is C13H22N2. The highest BCUT2D eigenvalue weighted by molar-refractivity contribution is 5.59. The summed E-state index contributed by atoms with van der Waals surface area (Å²) >= 11 is 0. The number of anilines is 2. The number of nitrogen functional groups attached to an aromatic ring is 1. The summed E-state index contributed by atoms with van der Waals surface area (Å²) in [6, 6.07) is 6.31. The maximum absolute atomic E-state index is 5.92. The van der Waals surface area contributed by atoms with Gasteiger partial charge in [-0.3, -0.25) is 0 Å². The van der Waals surface area contributed by atoms with Crippen molar-refractivity contribution in [1.29, 1.82) is 0 Å². The molecule has 1 aromatic rings. The first-order chi connectivity index (χ1) is 7.04. The summed E-state index contributed by atoms with van der Waals surface area (Å²) < 4.78 is 0. The molecule has 0 aliphatic heterocycles. The molecule has 0 amide bonds. The number of rotatable bonds is 4. The molecule has 2 nitrogen and oxygen atoms in total. The van der Waals surface area contributed by atoms with Crippen LogP contribution in [0.25, 0.3) is 0 Å². The van der Waals surface area contributed by atoms with Crippen LogP contribution in [0, 0.1) is 12.8 Å². The van der Waals surface area contributed by atoms with Crippen LogP contribution >= 0.6 is 0 Å². The lowest BCUT2D eigenvalue weighted by molar-refractivity contribution is 0.619. The van der Waals surface area contributed by atoms with E-state index in [4.69, 9.17) is 5.73 Å². The van der Waals surface area contributed by atoms with E-state index in [0.717, 1.165) is 24.3 Å². The Bertz CT molecular complexity index is 318. The number of nitrogens with zero attached hydrogens (tertiary/aromatic N) is 1. The molecule has 0 saturated heterocycles. The average Bonchev–Trinajstić information content (AvgIpc) is 2.18. The SMILES string of the molecule is CCN(CC(C)C)c1ccc(C)c(N)c1. The molecule has 0 fully saturated rings. The monoisotopic (exact) mass is 206 g/mol. The largest absolute Gasteiger partial charge is 0.398 e. The van der Waals surface area contributed by atoms with E-state index in [1.165, 1.54) is 5.69 Å². The molecule has 0 radical (unpaired) electrons. The molecule has 0 heterocycles. The normalized spacial score (nSPS) is 10.7. The van der Waals surface area contributed by atoms with E-state index >= 15 is 0 Å². The van der Waals surface area contributed by atoms with Gasteiger partial charge in [0.05, 0.1) is 0 Å². The summed E-state index contributed by atoms with van der Waals surface area (Å²) in [6.07, 6.45) is 0. The van der Waals surface area contributed by atoms with Gasteiger partial charge < -0.3 is 10.6 Å². The third-order valence-electron chi connectivity index (χ3n) is 2.60. The van der Waals surface area contributed by atoms with E-state index in [1.807, 2.05) is 6.92 Å². The van der Waals surface area contributed by atoms with Gasteiger partial charge in [-0.05, 0) is 37.5 Å². The van der Waals surface area contributed by atoms with Gasteiger partial charge in [0.2, 0.25) is 0 Å². The van der Waals surface area contributed by atoms with E-state index in [9.17, 15) is 0 Å². The lowest BCUT2D eigenvalue weighted by Crippen LogP contribution is -2.27. The zero-order chi connectivity index (χ0) is 11.4. The van der Waals surface area contributed by atoms with Crippen LogP contribution in [-0.2, 0) is 0 Å². The fourth-order valence-corrected chi connectivity index (χ4v) is 1.68. The van der Waals surface area contributed by atoms with E-state index in [2.05, 4.69) is 43.9 Å². The second-order valence-corrected chi connectivity index (χ2v) is 4.47. The minimum atomic E-state index is 0.674. The molecule has 2 N–H and O–H groups in total. The van der Waals surface area contributed by atoms with Crippen molar-refractivity contribution in [3.8, 4) is 0 Å². The van der Waals surface area contributed by atoms with Crippen LogP contribution in [0.5, 0.6) is 0 Å². The Morgan fingerprint density at radius 2 is 2.00 bits per heavy atom. The molecule has 0 saturated carbocycles. The molecule has 0 spiro atoms. The average molecular weight is 206 g/mol. The van der Waals surface area contributed by atoms with E-state index in [0.29, 0.717) is 5.92 Å². The van der Waals surface area contributed by atoms with Crippen LogP contribution in [0.3, 0.4) is 0 Å².